The van der Waals surface area contributed by atoms with Crippen LogP contribution in [0.25, 0.3) is 0 Å². The first kappa shape index (κ1) is 38.9. The predicted octanol–water partition coefficient (Wildman–Crippen LogP) is 11.6. The molecule has 270 valence electrons. The standard InChI is InChI=1S/C44H53NO6/c1-2-3-4-5-6-7-8-9-10-11-12-13-14-15-25-32-45-35-33-39(42(46)49-36-26-19-16-20-27-36)41(44(48)51-38-30-23-18-24-31-38)40(34-35)43(47)50-37-28-21-17-22-29-37/h16-24,26-31,33-34,45H,2-15,25,32H2,1H3. The minimum atomic E-state index is -0.879. The number of carbonyl (C=O) groups is 3. The average molecular weight is 692 g/mol. The SMILES string of the molecule is CCCCCCCCCCCCCCCCCNc1cc(C(=O)Oc2ccccc2)c(C(=O)Oc2ccccc2)c(C(=O)Oc2ccccc2)c1. The van der Waals surface area contributed by atoms with Crippen molar-refractivity contribution in [3.8, 4) is 17.2 Å². The molecule has 7 heteroatoms. The van der Waals surface area contributed by atoms with Crippen LogP contribution in [-0.2, 0) is 0 Å². The zero-order valence-electron chi connectivity index (χ0n) is 30.1. The molecule has 0 aliphatic heterocycles. The summed E-state index contributed by atoms with van der Waals surface area (Å²) in [7, 11) is 0. The number of nitrogens with one attached hydrogen (secondary N) is 1. The van der Waals surface area contributed by atoms with E-state index in [-0.39, 0.29) is 22.4 Å². The monoisotopic (exact) mass is 691 g/mol. The van der Waals surface area contributed by atoms with Crippen molar-refractivity contribution in [3.05, 3.63) is 120 Å². The first-order chi connectivity index (χ1) is 25.0. The molecular formula is C44H53NO6. The minimum absolute atomic E-state index is 0.110. The first-order valence-corrected chi connectivity index (χ1v) is 18.8. The van der Waals surface area contributed by atoms with Crippen molar-refractivity contribution in [1.82, 2.24) is 0 Å². The summed E-state index contributed by atoms with van der Waals surface area (Å²) in [5.74, 6) is -1.61. The normalized spacial score (nSPS) is 10.8. The Morgan fingerprint density at radius 2 is 0.784 bits per heavy atom. The van der Waals surface area contributed by atoms with Crippen molar-refractivity contribution in [2.45, 2.75) is 103 Å². The number of ether oxygens (including phenoxy) is 3. The van der Waals surface area contributed by atoms with Crippen molar-refractivity contribution in [2.24, 2.45) is 0 Å². The second-order valence-corrected chi connectivity index (χ2v) is 12.9. The van der Waals surface area contributed by atoms with Crippen LogP contribution >= 0.6 is 0 Å². The van der Waals surface area contributed by atoms with Gasteiger partial charge in [-0.1, -0.05) is 151 Å². The van der Waals surface area contributed by atoms with Gasteiger partial charge in [0.1, 0.15) is 17.2 Å². The molecule has 0 aliphatic rings. The molecule has 4 aromatic carbocycles. The van der Waals surface area contributed by atoms with Crippen LogP contribution in [0, 0.1) is 0 Å². The first-order valence-electron chi connectivity index (χ1n) is 18.8. The van der Waals surface area contributed by atoms with Gasteiger partial charge in [0, 0.05) is 12.2 Å². The van der Waals surface area contributed by atoms with Crippen LogP contribution in [0.15, 0.2) is 103 Å². The molecule has 0 saturated heterocycles. The smallest absolute Gasteiger partial charge is 0.345 e. The fourth-order valence-corrected chi connectivity index (χ4v) is 5.96. The van der Waals surface area contributed by atoms with Crippen molar-refractivity contribution in [2.75, 3.05) is 11.9 Å². The van der Waals surface area contributed by atoms with Crippen molar-refractivity contribution < 1.29 is 28.6 Å². The molecule has 0 aliphatic carbocycles. The topological polar surface area (TPSA) is 90.9 Å². The molecular weight excluding hydrogens is 638 g/mol. The number of para-hydroxylation sites is 3. The number of esters is 3. The Balaban J connectivity index is 1.40. The molecule has 0 unspecified atom stereocenters. The summed E-state index contributed by atoms with van der Waals surface area (Å²) in [4.78, 5) is 41.1. The lowest BCUT2D eigenvalue weighted by Gasteiger charge is -2.16. The summed E-state index contributed by atoms with van der Waals surface area (Å²) >= 11 is 0. The number of carbonyl (C=O) groups excluding carboxylic acids is 3. The van der Waals surface area contributed by atoms with Crippen LogP contribution in [0.3, 0.4) is 0 Å². The van der Waals surface area contributed by atoms with Gasteiger partial charge in [-0.05, 0) is 55.0 Å². The van der Waals surface area contributed by atoms with E-state index in [9.17, 15) is 14.4 Å². The quantitative estimate of drug-likeness (QED) is 0.0470. The summed E-state index contributed by atoms with van der Waals surface area (Å²) in [5, 5.41) is 3.36. The number of hydrogen-bond donors (Lipinski definition) is 1. The predicted molar refractivity (Wildman–Crippen MR) is 204 cm³/mol. The average Bonchev–Trinajstić information content (AvgIpc) is 3.15. The molecule has 0 aromatic heterocycles. The van der Waals surface area contributed by atoms with E-state index in [2.05, 4.69) is 12.2 Å². The van der Waals surface area contributed by atoms with E-state index < -0.39 is 17.9 Å². The van der Waals surface area contributed by atoms with Gasteiger partial charge < -0.3 is 19.5 Å². The summed E-state index contributed by atoms with van der Waals surface area (Å²) in [5.41, 5.74) is 0.0393. The van der Waals surface area contributed by atoms with Crippen LogP contribution < -0.4 is 19.5 Å². The highest BCUT2D eigenvalue weighted by Gasteiger charge is 2.30. The molecule has 0 heterocycles. The maximum absolute atomic E-state index is 13.7. The van der Waals surface area contributed by atoms with Crippen molar-refractivity contribution in [1.29, 1.82) is 0 Å². The van der Waals surface area contributed by atoms with Crippen LogP contribution in [0.4, 0.5) is 5.69 Å². The fraction of sp³-hybridized carbons (Fsp3) is 0.386. The molecule has 0 amide bonds. The minimum Gasteiger partial charge on any atom is -0.423 e. The molecule has 0 radical (unpaired) electrons. The van der Waals surface area contributed by atoms with E-state index in [1.54, 1.807) is 91.0 Å². The lowest BCUT2D eigenvalue weighted by molar-refractivity contribution is 0.0674. The molecule has 0 fully saturated rings. The second-order valence-electron chi connectivity index (χ2n) is 12.9. The van der Waals surface area contributed by atoms with E-state index in [1.165, 1.54) is 89.2 Å². The van der Waals surface area contributed by atoms with Gasteiger partial charge in [0.2, 0.25) is 0 Å². The van der Waals surface area contributed by atoms with Crippen LogP contribution in [0.5, 0.6) is 17.2 Å². The zero-order valence-corrected chi connectivity index (χ0v) is 30.1. The highest BCUT2D eigenvalue weighted by molar-refractivity contribution is 6.12. The third kappa shape index (κ3) is 14.1. The Morgan fingerprint density at radius 1 is 0.451 bits per heavy atom. The van der Waals surface area contributed by atoms with Crippen LogP contribution in [0.2, 0.25) is 0 Å². The Labute approximate surface area is 303 Å². The Hall–Kier alpha value is -4.91. The second kappa shape index (κ2) is 22.7. The summed E-state index contributed by atoms with van der Waals surface area (Å²) < 4.78 is 17.0. The molecule has 4 aromatic rings. The van der Waals surface area contributed by atoms with Gasteiger partial charge in [0.05, 0.1) is 16.7 Å². The van der Waals surface area contributed by atoms with E-state index in [1.807, 2.05) is 0 Å². The maximum Gasteiger partial charge on any atom is 0.345 e. The third-order valence-electron chi connectivity index (χ3n) is 8.75. The van der Waals surface area contributed by atoms with Gasteiger partial charge in [-0.2, -0.15) is 0 Å². The van der Waals surface area contributed by atoms with Gasteiger partial charge in [-0.3, -0.25) is 0 Å². The molecule has 0 spiro atoms. The number of hydrogen-bond acceptors (Lipinski definition) is 7. The third-order valence-corrected chi connectivity index (χ3v) is 8.75. The molecule has 0 saturated carbocycles. The molecule has 7 nitrogen and oxygen atoms in total. The van der Waals surface area contributed by atoms with Crippen LogP contribution in [0.1, 0.15) is 134 Å². The van der Waals surface area contributed by atoms with Gasteiger partial charge in [0.25, 0.3) is 0 Å². The maximum atomic E-state index is 13.7. The zero-order chi connectivity index (χ0) is 35.9. The van der Waals surface area contributed by atoms with E-state index in [0.717, 1.165) is 19.3 Å². The van der Waals surface area contributed by atoms with E-state index >= 15 is 0 Å². The molecule has 4 rings (SSSR count). The number of anilines is 1. The molecule has 0 atom stereocenters. The lowest BCUT2D eigenvalue weighted by atomic mass is 9.99. The highest BCUT2D eigenvalue weighted by Crippen LogP contribution is 2.27. The van der Waals surface area contributed by atoms with Crippen molar-refractivity contribution in [3.63, 3.8) is 0 Å². The summed E-state index contributed by atoms with van der Waals surface area (Å²) in [6.45, 7) is 2.89. The summed E-state index contributed by atoms with van der Waals surface area (Å²) in [6, 6.07) is 28.7. The molecule has 1 N–H and O–H groups in total. The van der Waals surface area contributed by atoms with E-state index in [0.29, 0.717) is 23.7 Å². The Morgan fingerprint density at radius 3 is 1.16 bits per heavy atom. The number of unbranched alkanes of at least 4 members (excludes halogenated alkanes) is 14. The molecule has 0 bridgehead atoms. The lowest BCUT2D eigenvalue weighted by Crippen LogP contribution is -2.24. The fourth-order valence-electron chi connectivity index (χ4n) is 5.96. The number of rotatable bonds is 23. The van der Waals surface area contributed by atoms with Crippen molar-refractivity contribution >= 4 is 23.6 Å². The van der Waals surface area contributed by atoms with Gasteiger partial charge >= 0.3 is 17.9 Å². The van der Waals surface area contributed by atoms with Gasteiger partial charge in [-0.15, -0.1) is 0 Å². The largest absolute Gasteiger partial charge is 0.423 e. The van der Waals surface area contributed by atoms with E-state index in [4.69, 9.17) is 14.2 Å². The Bertz CT molecular complexity index is 1530. The van der Waals surface area contributed by atoms with Gasteiger partial charge in [-0.25, -0.2) is 14.4 Å². The highest BCUT2D eigenvalue weighted by atomic mass is 16.5. The molecule has 51 heavy (non-hydrogen) atoms. The Kier molecular flexibility index (Phi) is 17.3. The van der Waals surface area contributed by atoms with Crippen LogP contribution in [-0.4, -0.2) is 24.5 Å². The van der Waals surface area contributed by atoms with Gasteiger partial charge in [0.15, 0.2) is 0 Å². The summed E-state index contributed by atoms with van der Waals surface area (Å²) in [6.07, 6.45) is 19.2. The number of benzene rings is 4.